The van der Waals surface area contributed by atoms with Gasteiger partial charge in [-0.1, -0.05) is 53.7 Å². The molecule has 0 radical (unpaired) electrons. The molecule has 0 saturated heterocycles. The van der Waals surface area contributed by atoms with Gasteiger partial charge in [0.15, 0.2) is 5.21 Å². The predicted octanol–water partition coefficient (Wildman–Crippen LogP) is 3.30. The number of tetrazole rings is 1. The molecule has 0 fully saturated rings. The van der Waals surface area contributed by atoms with E-state index in [1.807, 2.05) is 0 Å². The monoisotopic (exact) mass is 362 g/mol. The summed E-state index contributed by atoms with van der Waals surface area (Å²) in [6.45, 7) is 10.6. The lowest BCUT2D eigenvalue weighted by atomic mass is 9.93. The number of aromatic nitrogens is 4. The molecule has 2 aromatic carbocycles. The van der Waals surface area contributed by atoms with Gasteiger partial charge < -0.3 is 0 Å². The molecule has 0 bridgehead atoms. The molecule has 1 atom stereocenters. The molecule has 1 aliphatic rings. The van der Waals surface area contributed by atoms with Gasteiger partial charge in [0.2, 0.25) is 0 Å². The van der Waals surface area contributed by atoms with E-state index >= 15 is 0 Å². The summed E-state index contributed by atoms with van der Waals surface area (Å²) >= 11 is 0. The molecule has 0 amide bonds. The molecule has 27 heavy (non-hydrogen) atoms. The van der Waals surface area contributed by atoms with Gasteiger partial charge in [0.25, 0.3) is 0 Å². The van der Waals surface area contributed by atoms with Gasteiger partial charge in [-0.25, -0.2) is 0 Å². The van der Waals surface area contributed by atoms with Gasteiger partial charge >= 0.3 is 5.82 Å². The average Bonchev–Trinajstić information content (AvgIpc) is 3.13. The predicted molar refractivity (Wildman–Crippen MR) is 105 cm³/mol. The SMILES string of the molecule is Cc1ccccc1C(c1nn[nH][n+]1C(C)(C)C)N1CCc2ccccc2C1. The van der Waals surface area contributed by atoms with E-state index in [-0.39, 0.29) is 11.6 Å². The summed E-state index contributed by atoms with van der Waals surface area (Å²) in [5, 5.41) is 11.8. The van der Waals surface area contributed by atoms with E-state index in [1.54, 1.807) is 0 Å². The van der Waals surface area contributed by atoms with Gasteiger partial charge in [0.05, 0.1) is 0 Å². The average molecular weight is 363 g/mol. The molecule has 1 aliphatic heterocycles. The molecule has 0 aliphatic carbocycles. The molecule has 1 unspecified atom stereocenters. The Balaban J connectivity index is 1.82. The van der Waals surface area contributed by atoms with E-state index in [2.05, 4.69) is 101 Å². The number of hydrogen-bond donors (Lipinski definition) is 1. The molecule has 5 heteroatoms. The number of nitrogens with zero attached hydrogens (tertiary/aromatic N) is 4. The number of hydrogen-bond acceptors (Lipinski definition) is 3. The van der Waals surface area contributed by atoms with Crippen molar-refractivity contribution in [3.05, 3.63) is 76.6 Å². The van der Waals surface area contributed by atoms with Crippen LogP contribution in [0, 0.1) is 6.92 Å². The van der Waals surface area contributed by atoms with E-state index in [0.717, 1.165) is 25.3 Å². The highest BCUT2D eigenvalue weighted by Crippen LogP contribution is 2.32. The smallest absolute Gasteiger partial charge is 0.282 e. The highest BCUT2D eigenvalue weighted by atomic mass is 15.6. The Morgan fingerprint density at radius 3 is 2.48 bits per heavy atom. The van der Waals surface area contributed by atoms with Crippen LogP contribution in [-0.4, -0.2) is 27.0 Å². The second kappa shape index (κ2) is 6.89. The molecular formula is C22H28N5+. The zero-order valence-corrected chi connectivity index (χ0v) is 16.6. The minimum Gasteiger partial charge on any atom is -0.282 e. The maximum Gasteiger partial charge on any atom is 0.323 e. The number of aromatic amines is 1. The molecule has 2 heterocycles. The van der Waals surface area contributed by atoms with Crippen LogP contribution >= 0.6 is 0 Å². The van der Waals surface area contributed by atoms with Gasteiger partial charge in [0.1, 0.15) is 16.7 Å². The maximum atomic E-state index is 4.55. The highest BCUT2D eigenvalue weighted by molar-refractivity contribution is 5.34. The van der Waals surface area contributed by atoms with Crippen LogP contribution in [0.1, 0.15) is 54.9 Å². The van der Waals surface area contributed by atoms with E-state index in [0.29, 0.717) is 0 Å². The second-order valence-corrected chi connectivity index (χ2v) is 8.41. The number of rotatable bonds is 3. The van der Waals surface area contributed by atoms with Gasteiger partial charge in [-0.2, -0.15) is 4.68 Å². The first kappa shape index (κ1) is 17.9. The van der Waals surface area contributed by atoms with Crippen molar-refractivity contribution >= 4 is 0 Å². The summed E-state index contributed by atoms with van der Waals surface area (Å²) in [6, 6.07) is 17.5. The topological polar surface area (TPSA) is 48.7 Å². The summed E-state index contributed by atoms with van der Waals surface area (Å²) in [5.74, 6) is 0.969. The van der Waals surface area contributed by atoms with Crippen LogP contribution in [0.4, 0.5) is 0 Å². The van der Waals surface area contributed by atoms with Crippen LogP contribution < -0.4 is 4.68 Å². The number of H-pyrrole nitrogens is 1. The Bertz CT molecular complexity index is 938. The summed E-state index contributed by atoms with van der Waals surface area (Å²) in [4.78, 5) is 2.53. The zero-order chi connectivity index (χ0) is 19.0. The number of benzene rings is 2. The standard InChI is InChI=1S/C22H27N5/c1-16-9-5-8-12-19(16)20(21-23-24-25-27(21)22(2,3)4)26-14-13-17-10-6-7-11-18(17)15-26/h5-12,20H,13-15H2,1-4H3/p+1. The summed E-state index contributed by atoms with van der Waals surface area (Å²) in [6.07, 6.45) is 1.06. The Kier molecular flexibility index (Phi) is 4.56. The third-order valence-corrected chi connectivity index (χ3v) is 5.45. The first-order valence-corrected chi connectivity index (χ1v) is 9.65. The van der Waals surface area contributed by atoms with Crippen molar-refractivity contribution in [2.24, 2.45) is 0 Å². The van der Waals surface area contributed by atoms with Gasteiger partial charge in [-0.05, 0) is 56.4 Å². The number of fused-ring (bicyclic) bond motifs is 1. The normalized spacial score (nSPS) is 16.1. The Morgan fingerprint density at radius 2 is 1.74 bits per heavy atom. The molecule has 0 spiro atoms. The van der Waals surface area contributed by atoms with Crippen molar-refractivity contribution in [1.29, 1.82) is 0 Å². The summed E-state index contributed by atoms with van der Waals surface area (Å²) in [5.41, 5.74) is 5.33. The molecule has 1 aromatic heterocycles. The van der Waals surface area contributed by atoms with Gasteiger partial charge in [0, 0.05) is 13.1 Å². The molecular weight excluding hydrogens is 334 g/mol. The minimum absolute atomic E-state index is 0.0672. The number of aryl methyl sites for hydroxylation is 1. The van der Waals surface area contributed by atoms with Crippen LogP contribution in [0.5, 0.6) is 0 Å². The van der Waals surface area contributed by atoms with Crippen molar-refractivity contribution in [2.75, 3.05) is 6.54 Å². The van der Waals surface area contributed by atoms with Crippen molar-refractivity contribution in [1.82, 2.24) is 20.4 Å². The van der Waals surface area contributed by atoms with Crippen molar-refractivity contribution < 1.29 is 4.68 Å². The van der Waals surface area contributed by atoms with Crippen LogP contribution in [0.2, 0.25) is 0 Å². The van der Waals surface area contributed by atoms with Crippen molar-refractivity contribution in [2.45, 2.75) is 52.2 Å². The third-order valence-electron chi connectivity index (χ3n) is 5.45. The molecule has 140 valence electrons. The van der Waals surface area contributed by atoms with E-state index < -0.39 is 0 Å². The first-order chi connectivity index (χ1) is 12.9. The molecule has 0 saturated carbocycles. The van der Waals surface area contributed by atoms with Crippen molar-refractivity contribution in [3.8, 4) is 0 Å². The van der Waals surface area contributed by atoms with Crippen LogP contribution in [0.15, 0.2) is 48.5 Å². The largest absolute Gasteiger partial charge is 0.323 e. The molecule has 5 nitrogen and oxygen atoms in total. The zero-order valence-electron chi connectivity index (χ0n) is 16.6. The lowest BCUT2D eigenvalue weighted by Crippen LogP contribution is -2.56. The highest BCUT2D eigenvalue weighted by Gasteiger charge is 2.38. The van der Waals surface area contributed by atoms with Gasteiger partial charge in [-0.15, -0.1) is 0 Å². The third kappa shape index (κ3) is 3.39. The quantitative estimate of drug-likeness (QED) is 0.727. The molecule has 4 rings (SSSR count). The van der Waals surface area contributed by atoms with E-state index in [4.69, 9.17) is 0 Å². The number of nitrogens with one attached hydrogen (secondary N) is 1. The van der Waals surface area contributed by atoms with Crippen LogP contribution in [0.25, 0.3) is 0 Å². The fourth-order valence-corrected chi connectivity index (χ4v) is 4.02. The first-order valence-electron chi connectivity index (χ1n) is 9.65. The van der Waals surface area contributed by atoms with Crippen molar-refractivity contribution in [3.63, 3.8) is 0 Å². The Labute approximate surface area is 161 Å². The lowest BCUT2D eigenvalue weighted by molar-refractivity contribution is -0.813. The minimum atomic E-state index is -0.118. The fourth-order valence-electron chi connectivity index (χ4n) is 4.02. The summed E-state index contributed by atoms with van der Waals surface area (Å²) < 4.78 is 2.10. The van der Waals surface area contributed by atoms with Crippen LogP contribution in [0.3, 0.4) is 0 Å². The lowest BCUT2D eigenvalue weighted by Gasteiger charge is -2.34. The van der Waals surface area contributed by atoms with Crippen LogP contribution in [-0.2, 0) is 18.5 Å². The van der Waals surface area contributed by atoms with E-state index in [9.17, 15) is 0 Å². The Morgan fingerprint density at radius 1 is 1.04 bits per heavy atom. The summed E-state index contributed by atoms with van der Waals surface area (Å²) in [7, 11) is 0. The van der Waals surface area contributed by atoms with Gasteiger partial charge in [-0.3, -0.25) is 4.90 Å². The Hall–Kier alpha value is -2.53. The second-order valence-electron chi connectivity index (χ2n) is 8.41. The maximum absolute atomic E-state index is 4.55. The fraction of sp³-hybridized carbons (Fsp3) is 0.409. The molecule has 3 aromatic rings. The molecule has 1 N–H and O–H groups in total. The van der Waals surface area contributed by atoms with E-state index in [1.165, 1.54) is 22.3 Å².